The third-order valence-corrected chi connectivity index (χ3v) is 8.75. The second-order valence-electron chi connectivity index (χ2n) is 7.99. The Labute approximate surface area is 182 Å². The fourth-order valence-electron chi connectivity index (χ4n) is 4.00. The van der Waals surface area contributed by atoms with Crippen LogP contribution in [0.3, 0.4) is 0 Å². The SMILES string of the molecule is Cc1csc(N2CCN(C(=O)c3cc(S(=O)(=O)N4CCCCC4)ccc3C)CC2)n1. The van der Waals surface area contributed by atoms with Crippen molar-refractivity contribution in [2.45, 2.75) is 38.0 Å². The minimum atomic E-state index is -3.56. The maximum Gasteiger partial charge on any atom is 0.254 e. The summed E-state index contributed by atoms with van der Waals surface area (Å²) in [6.45, 7) is 7.59. The van der Waals surface area contributed by atoms with Gasteiger partial charge in [0.05, 0.1) is 10.6 Å². The number of aryl methyl sites for hydroxylation is 2. The van der Waals surface area contributed by atoms with Crippen molar-refractivity contribution in [2.24, 2.45) is 0 Å². The Bertz CT molecular complexity index is 1020. The summed E-state index contributed by atoms with van der Waals surface area (Å²) >= 11 is 1.62. The van der Waals surface area contributed by atoms with Crippen LogP contribution >= 0.6 is 11.3 Å². The van der Waals surface area contributed by atoms with E-state index in [4.69, 9.17) is 0 Å². The predicted octanol–water partition coefficient (Wildman–Crippen LogP) is 2.90. The van der Waals surface area contributed by atoms with Crippen molar-refractivity contribution >= 4 is 32.4 Å². The summed E-state index contributed by atoms with van der Waals surface area (Å²) in [6, 6.07) is 4.94. The molecule has 4 rings (SSSR count). The number of amides is 1. The molecule has 0 radical (unpaired) electrons. The first-order valence-corrected chi connectivity index (χ1v) is 12.8. The molecule has 2 aliphatic rings. The summed E-state index contributed by atoms with van der Waals surface area (Å²) in [7, 11) is -3.56. The first-order chi connectivity index (χ1) is 14.4. The van der Waals surface area contributed by atoms with Gasteiger partial charge in [-0.25, -0.2) is 13.4 Å². The fraction of sp³-hybridized carbons (Fsp3) is 0.524. The van der Waals surface area contributed by atoms with Gasteiger partial charge in [-0.3, -0.25) is 4.79 Å². The molecule has 0 aliphatic carbocycles. The molecule has 0 N–H and O–H groups in total. The Morgan fingerprint density at radius 2 is 1.70 bits per heavy atom. The lowest BCUT2D eigenvalue weighted by atomic mass is 10.1. The van der Waals surface area contributed by atoms with Crippen molar-refractivity contribution in [1.29, 1.82) is 0 Å². The minimum Gasteiger partial charge on any atom is -0.345 e. The standard InChI is InChI=1S/C21H28N4O3S2/c1-16-6-7-18(30(27,28)25-8-4-3-5-9-25)14-19(16)20(26)23-10-12-24(13-11-23)21-22-17(2)15-29-21/h6-7,14-15H,3-5,8-13H2,1-2H3. The molecule has 162 valence electrons. The number of piperidine rings is 1. The van der Waals surface area contributed by atoms with Crippen molar-refractivity contribution in [2.75, 3.05) is 44.2 Å². The van der Waals surface area contributed by atoms with E-state index in [-0.39, 0.29) is 10.8 Å². The molecule has 9 heteroatoms. The number of carbonyl (C=O) groups excluding carboxylic acids is 1. The molecular formula is C21H28N4O3S2. The Morgan fingerprint density at radius 1 is 1.00 bits per heavy atom. The molecule has 7 nitrogen and oxygen atoms in total. The van der Waals surface area contributed by atoms with Crippen LogP contribution in [-0.4, -0.2) is 67.8 Å². The van der Waals surface area contributed by atoms with Crippen LogP contribution in [0.2, 0.25) is 0 Å². The minimum absolute atomic E-state index is 0.0989. The van der Waals surface area contributed by atoms with Gasteiger partial charge in [-0.15, -0.1) is 11.3 Å². The lowest BCUT2D eigenvalue weighted by molar-refractivity contribution is 0.0745. The smallest absolute Gasteiger partial charge is 0.254 e. The number of benzene rings is 1. The van der Waals surface area contributed by atoms with E-state index in [9.17, 15) is 13.2 Å². The van der Waals surface area contributed by atoms with Gasteiger partial charge in [0.1, 0.15) is 0 Å². The number of aromatic nitrogens is 1. The Morgan fingerprint density at radius 3 is 2.33 bits per heavy atom. The predicted molar refractivity (Wildman–Crippen MR) is 119 cm³/mol. The Balaban J connectivity index is 1.50. The van der Waals surface area contributed by atoms with Crippen molar-refractivity contribution in [1.82, 2.24) is 14.2 Å². The molecule has 0 atom stereocenters. The number of piperazine rings is 1. The maximum absolute atomic E-state index is 13.2. The molecular weight excluding hydrogens is 420 g/mol. The quantitative estimate of drug-likeness (QED) is 0.719. The average Bonchev–Trinajstić information content (AvgIpc) is 3.20. The molecule has 0 unspecified atom stereocenters. The summed E-state index contributed by atoms with van der Waals surface area (Å²) in [4.78, 5) is 22.0. The van der Waals surface area contributed by atoms with Gasteiger partial charge in [0.25, 0.3) is 5.91 Å². The van der Waals surface area contributed by atoms with Crippen LogP contribution in [0.25, 0.3) is 0 Å². The number of sulfonamides is 1. The highest BCUT2D eigenvalue weighted by molar-refractivity contribution is 7.89. The van der Waals surface area contributed by atoms with Gasteiger partial charge in [-0.1, -0.05) is 12.5 Å². The zero-order valence-electron chi connectivity index (χ0n) is 17.5. The van der Waals surface area contributed by atoms with E-state index in [0.717, 1.165) is 48.7 Å². The van der Waals surface area contributed by atoms with Crippen LogP contribution < -0.4 is 4.90 Å². The molecule has 30 heavy (non-hydrogen) atoms. The number of carbonyl (C=O) groups is 1. The second kappa shape index (κ2) is 8.64. The van der Waals surface area contributed by atoms with Crippen molar-refractivity contribution in [3.63, 3.8) is 0 Å². The van der Waals surface area contributed by atoms with Crippen LogP contribution in [0.1, 0.15) is 40.9 Å². The molecule has 2 aliphatic heterocycles. The number of anilines is 1. The molecule has 2 saturated heterocycles. The van der Waals surface area contributed by atoms with Gasteiger partial charge in [0.15, 0.2) is 5.13 Å². The van der Waals surface area contributed by atoms with Crippen LogP contribution in [0.15, 0.2) is 28.5 Å². The van der Waals surface area contributed by atoms with Crippen LogP contribution in [-0.2, 0) is 10.0 Å². The molecule has 2 aromatic rings. The monoisotopic (exact) mass is 448 g/mol. The van der Waals surface area contributed by atoms with Gasteiger partial charge in [-0.2, -0.15) is 4.31 Å². The van der Waals surface area contributed by atoms with Crippen molar-refractivity contribution in [3.8, 4) is 0 Å². The molecule has 0 spiro atoms. The summed E-state index contributed by atoms with van der Waals surface area (Å²) in [5, 5.41) is 3.02. The van der Waals surface area contributed by atoms with Gasteiger partial charge >= 0.3 is 0 Å². The zero-order valence-corrected chi connectivity index (χ0v) is 19.1. The first kappa shape index (κ1) is 21.3. The number of hydrogen-bond acceptors (Lipinski definition) is 6. The first-order valence-electron chi connectivity index (χ1n) is 10.4. The van der Waals surface area contributed by atoms with E-state index in [1.807, 2.05) is 24.1 Å². The number of nitrogens with zero attached hydrogens (tertiary/aromatic N) is 4. The molecule has 2 fully saturated rings. The van der Waals surface area contributed by atoms with E-state index in [1.165, 1.54) is 0 Å². The van der Waals surface area contributed by atoms with Crippen molar-refractivity contribution in [3.05, 3.63) is 40.4 Å². The van der Waals surface area contributed by atoms with E-state index in [0.29, 0.717) is 31.7 Å². The molecule has 3 heterocycles. The summed E-state index contributed by atoms with van der Waals surface area (Å²) in [5.41, 5.74) is 2.29. The molecule has 0 saturated carbocycles. The number of hydrogen-bond donors (Lipinski definition) is 0. The zero-order chi connectivity index (χ0) is 21.3. The van der Waals surface area contributed by atoms with E-state index >= 15 is 0 Å². The Kier molecular flexibility index (Phi) is 6.13. The third-order valence-electron chi connectivity index (χ3n) is 5.84. The maximum atomic E-state index is 13.2. The van der Waals surface area contributed by atoms with Gasteiger partial charge < -0.3 is 9.80 Å². The number of thiazole rings is 1. The van der Waals surface area contributed by atoms with E-state index < -0.39 is 10.0 Å². The highest BCUT2D eigenvalue weighted by Gasteiger charge is 2.29. The van der Waals surface area contributed by atoms with E-state index in [2.05, 4.69) is 9.88 Å². The molecule has 1 amide bonds. The fourth-order valence-corrected chi connectivity index (χ4v) is 6.41. The summed E-state index contributed by atoms with van der Waals surface area (Å²) in [5.74, 6) is -0.0989. The molecule has 1 aromatic heterocycles. The lowest BCUT2D eigenvalue weighted by Gasteiger charge is -2.35. The highest BCUT2D eigenvalue weighted by Crippen LogP contribution is 2.25. The lowest BCUT2D eigenvalue weighted by Crippen LogP contribution is -2.49. The second-order valence-corrected chi connectivity index (χ2v) is 10.8. The van der Waals surface area contributed by atoms with Crippen LogP contribution in [0.5, 0.6) is 0 Å². The molecule has 1 aromatic carbocycles. The summed E-state index contributed by atoms with van der Waals surface area (Å²) < 4.78 is 27.6. The normalized spacial score (nSPS) is 18.6. The summed E-state index contributed by atoms with van der Waals surface area (Å²) in [6.07, 6.45) is 2.84. The van der Waals surface area contributed by atoms with Gasteiger partial charge in [0.2, 0.25) is 10.0 Å². The van der Waals surface area contributed by atoms with E-state index in [1.54, 1.807) is 33.8 Å². The topological polar surface area (TPSA) is 73.8 Å². The highest BCUT2D eigenvalue weighted by atomic mass is 32.2. The largest absolute Gasteiger partial charge is 0.345 e. The average molecular weight is 449 g/mol. The van der Waals surface area contributed by atoms with Gasteiger partial charge in [-0.05, 0) is 44.4 Å². The van der Waals surface area contributed by atoms with Crippen LogP contribution in [0, 0.1) is 13.8 Å². The Hall–Kier alpha value is -1.97. The number of rotatable bonds is 4. The van der Waals surface area contributed by atoms with Crippen LogP contribution in [0.4, 0.5) is 5.13 Å². The van der Waals surface area contributed by atoms with Crippen molar-refractivity contribution < 1.29 is 13.2 Å². The molecule has 0 bridgehead atoms. The van der Waals surface area contributed by atoms with Gasteiger partial charge in [0, 0.05) is 50.2 Å². The third kappa shape index (κ3) is 4.24.